The summed E-state index contributed by atoms with van der Waals surface area (Å²) in [6.07, 6.45) is -1.00. The molecule has 6 N–H and O–H groups in total. The lowest BCUT2D eigenvalue weighted by molar-refractivity contribution is -0.170. The van der Waals surface area contributed by atoms with E-state index in [-0.39, 0.29) is 18.8 Å². The first kappa shape index (κ1) is 24.0. The van der Waals surface area contributed by atoms with Crippen molar-refractivity contribution in [1.82, 2.24) is 4.90 Å². The summed E-state index contributed by atoms with van der Waals surface area (Å²) in [7, 11) is 0. The lowest BCUT2D eigenvalue weighted by Gasteiger charge is -2.44. The molecule has 184 valence electrons. The number of carboxylic acids is 3. The van der Waals surface area contributed by atoms with E-state index in [9.17, 15) is 24.6 Å². The molecule has 1 aromatic rings. The van der Waals surface area contributed by atoms with Gasteiger partial charge in [0.25, 0.3) is 0 Å². The van der Waals surface area contributed by atoms with Crippen LogP contribution in [-0.2, 0) is 20.9 Å². The number of aliphatic carboxylic acids is 3. The van der Waals surface area contributed by atoms with Crippen molar-refractivity contribution in [3.8, 4) is 11.5 Å². The number of carboxylic acid groups (broad SMARTS) is 3. The fourth-order valence-electron chi connectivity index (χ4n) is 5.06. The molecule has 1 fully saturated rings. The standard InChI is InChI=1S/C16H17NO4.C6H8O7/c18-11-3-8-1-2-17-6-9-4-12-13(21-7-20-12)5-10(9)14(15(8)17)16(11)19;7-3(8)1-6(13,5(11)12)2-4(9)10/h3-5,11,14-16,18-19H,1-2,6-7H2;13H,1-2H2,(H,7,8)(H,9,10)(H,11,12)/t11-,14-,15+,16+;/m0./s1. The quantitative estimate of drug-likeness (QED) is 0.297. The van der Waals surface area contributed by atoms with Gasteiger partial charge in [-0.1, -0.05) is 11.6 Å². The van der Waals surface area contributed by atoms with Crippen molar-refractivity contribution in [2.75, 3.05) is 13.3 Å². The van der Waals surface area contributed by atoms with Gasteiger partial charge in [-0.2, -0.15) is 0 Å². The Morgan fingerprint density at radius 3 is 2.24 bits per heavy atom. The number of aliphatic hydroxyl groups is 3. The highest BCUT2D eigenvalue weighted by Crippen LogP contribution is 2.49. The van der Waals surface area contributed by atoms with Crippen LogP contribution in [0.25, 0.3) is 0 Å². The van der Waals surface area contributed by atoms with E-state index in [1.807, 2.05) is 18.2 Å². The van der Waals surface area contributed by atoms with Crippen LogP contribution in [0.4, 0.5) is 0 Å². The Morgan fingerprint density at radius 1 is 1.03 bits per heavy atom. The topological polar surface area (TPSA) is 194 Å². The van der Waals surface area contributed by atoms with Gasteiger partial charge < -0.3 is 40.1 Å². The molecule has 1 saturated heterocycles. The first-order valence-corrected chi connectivity index (χ1v) is 10.6. The first-order valence-electron chi connectivity index (χ1n) is 10.6. The van der Waals surface area contributed by atoms with E-state index in [4.69, 9.17) is 29.9 Å². The van der Waals surface area contributed by atoms with E-state index in [1.54, 1.807) is 0 Å². The van der Waals surface area contributed by atoms with Gasteiger partial charge in [0.1, 0.15) is 0 Å². The predicted molar refractivity (Wildman–Crippen MR) is 111 cm³/mol. The zero-order valence-electron chi connectivity index (χ0n) is 18.0. The van der Waals surface area contributed by atoms with Crippen LogP contribution in [0.5, 0.6) is 11.5 Å². The Bertz CT molecular complexity index is 1040. The summed E-state index contributed by atoms with van der Waals surface area (Å²) in [6.45, 7) is 2.11. The molecule has 1 aromatic carbocycles. The molecule has 0 radical (unpaired) electrons. The fourth-order valence-corrected chi connectivity index (χ4v) is 5.06. The van der Waals surface area contributed by atoms with Gasteiger partial charge in [-0.05, 0) is 29.7 Å². The molecule has 5 rings (SSSR count). The van der Waals surface area contributed by atoms with Crippen molar-refractivity contribution in [2.45, 2.75) is 55.6 Å². The van der Waals surface area contributed by atoms with Gasteiger partial charge in [-0.3, -0.25) is 14.5 Å². The Labute approximate surface area is 193 Å². The number of fused-ring (bicyclic) bond motifs is 3. The lowest BCUT2D eigenvalue weighted by atomic mass is 9.73. The number of nitrogens with zero attached hydrogens (tertiary/aromatic N) is 1. The van der Waals surface area contributed by atoms with Crippen LogP contribution in [0.1, 0.15) is 36.3 Å². The summed E-state index contributed by atoms with van der Waals surface area (Å²) in [4.78, 5) is 32.9. The molecule has 4 aliphatic rings. The largest absolute Gasteiger partial charge is 0.481 e. The number of aliphatic hydroxyl groups excluding tert-OH is 2. The van der Waals surface area contributed by atoms with Gasteiger partial charge in [0.2, 0.25) is 6.79 Å². The third-order valence-corrected chi connectivity index (χ3v) is 6.56. The van der Waals surface area contributed by atoms with Crippen molar-refractivity contribution in [3.63, 3.8) is 0 Å². The van der Waals surface area contributed by atoms with Crippen LogP contribution in [-0.4, -0.2) is 90.6 Å². The van der Waals surface area contributed by atoms with Gasteiger partial charge in [-0.25, -0.2) is 4.79 Å². The van der Waals surface area contributed by atoms with E-state index in [2.05, 4.69) is 4.90 Å². The highest BCUT2D eigenvalue weighted by Gasteiger charge is 2.48. The second kappa shape index (κ2) is 8.87. The average molecular weight is 479 g/mol. The monoisotopic (exact) mass is 479 g/mol. The molecule has 3 aliphatic heterocycles. The summed E-state index contributed by atoms with van der Waals surface area (Å²) in [5.74, 6) is -3.57. The second-order valence-electron chi connectivity index (χ2n) is 8.80. The maximum atomic E-state index is 10.5. The van der Waals surface area contributed by atoms with Gasteiger partial charge in [0.15, 0.2) is 17.1 Å². The third kappa shape index (κ3) is 4.32. The summed E-state index contributed by atoms with van der Waals surface area (Å²) in [6, 6.07) is 4.25. The van der Waals surface area contributed by atoms with Crippen molar-refractivity contribution in [2.24, 2.45) is 0 Å². The molecule has 12 heteroatoms. The average Bonchev–Trinajstić information content (AvgIpc) is 3.35. The molecule has 1 aliphatic carbocycles. The minimum atomic E-state index is -2.74. The van der Waals surface area contributed by atoms with E-state index in [0.717, 1.165) is 36.6 Å². The Kier molecular flexibility index (Phi) is 6.25. The molecule has 4 atom stereocenters. The molecule has 34 heavy (non-hydrogen) atoms. The Hall–Kier alpha value is -3.19. The molecule has 3 heterocycles. The van der Waals surface area contributed by atoms with Crippen LogP contribution in [0.15, 0.2) is 23.8 Å². The summed E-state index contributed by atoms with van der Waals surface area (Å²) < 4.78 is 10.9. The Morgan fingerprint density at radius 2 is 1.65 bits per heavy atom. The van der Waals surface area contributed by atoms with E-state index < -0.39 is 48.6 Å². The second-order valence-corrected chi connectivity index (χ2v) is 8.80. The van der Waals surface area contributed by atoms with Gasteiger partial charge in [-0.15, -0.1) is 0 Å². The van der Waals surface area contributed by atoms with Crippen LogP contribution in [0.3, 0.4) is 0 Å². The number of benzene rings is 1. The molecule has 0 bridgehead atoms. The number of carbonyl (C=O) groups is 3. The minimum Gasteiger partial charge on any atom is -0.481 e. The van der Waals surface area contributed by atoms with Crippen molar-refractivity contribution in [1.29, 1.82) is 0 Å². The highest BCUT2D eigenvalue weighted by molar-refractivity contribution is 5.88. The number of hydrogen-bond acceptors (Lipinski definition) is 9. The molecule has 12 nitrogen and oxygen atoms in total. The van der Waals surface area contributed by atoms with Crippen LogP contribution < -0.4 is 9.47 Å². The summed E-state index contributed by atoms with van der Waals surface area (Å²) in [5.41, 5.74) is 0.799. The van der Waals surface area contributed by atoms with Gasteiger partial charge in [0.05, 0.1) is 25.0 Å². The van der Waals surface area contributed by atoms with Crippen molar-refractivity contribution >= 4 is 17.9 Å². The first-order chi connectivity index (χ1) is 16.0. The maximum Gasteiger partial charge on any atom is 0.336 e. The van der Waals surface area contributed by atoms with Crippen molar-refractivity contribution in [3.05, 3.63) is 34.9 Å². The van der Waals surface area contributed by atoms with Crippen LogP contribution in [0, 0.1) is 0 Å². The Balaban J connectivity index is 0.000000185. The predicted octanol–water partition coefficient (Wildman–Crippen LogP) is -0.500. The summed E-state index contributed by atoms with van der Waals surface area (Å²) >= 11 is 0. The van der Waals surface area contributed by atoms with E-state index >= 15 is 0 Å². The molecular weight excluding hydrogens is 454 g/mol. The molecule has 0 unspecified atom stereocenters. The third-order valence-electron chi connectivity index (χ3n) is 6.56. The van der Waals surface area contributed by atoms with Crippen LogP contribution >= 0.6 is 0 Å². The van der Waals surface area contributed by atoms with E-state index in [0.29, 0.717) is 0 Å². The fraction of sp³-hybridized carbons (Fsp3) is 0.500. The smallest absolute Gasteiger partial charge is 0.336 e. The molecule has 0 spiro atoms. The SMILES string of the molecule is O=C(O)CC(O)(CC(=O)O)C(=O)O.O[C@H]1[C@H]2c3cc4c(cc3CN3CCC(=C[C@@H]1O)[C@H]23)OCO4. The highest BCUT2D eigenvalue weighted by atomic mass is 16.7. The molecule has 0 saturated carbocycles. The normalized spacial score (nSPS) is 26.5. The van der Waals surface area contributed by atoms with Crippen LogP contribution in [0.2, 0.25) is 0 Å². The molecular formula is C22H25NO11. The zero-order valence-corrected chi connectivity index (χ0v) is 18.0. The van der Waals surface area contributed by atoms with Gasteiger partial charge >= 0.3 is 17.9 Å². The number of ether oxygens (including phenoxy) is 2. The maximum absolute atomic E-state index is 10.5. The molecule has 0 aromatic heterocycles. The number of rotatable bonds is 5. The number of hydrogen-bond donors (Lipinski definition) is 6. The molecule has 0 amide bonds. The summed E-state index contributed by atoms with van der Waals surface area (Å²) in [5, 5.41) is 54.5. The zero-order chi connectivity index (χ0) is 24.8. The minimum absolute atomic E-state index is 0.0826. The van der Waals surface area contributed by atoms with Gasteiger partial charge in [0, 0.05) is 25.0 Å². The van der Waals surface area contributed by atoms with Crippen molar-refractivity contribution < 1.29 is 54.5 Å². The lowest BCUT2D eigenvalue weighted by Crippen LogP contribution is -2.49. The van der Waals surface area contributed by atoms with E-state index in [1.165, 1.54) is 11.1 Å².